The molecule has 8 heteroatoms. The quantitative estimate of drug-likeness (QED) is 0.667. The number of rotatable bonds is 5. The monoisotopic (exact) mass is 431 g/mol. The highest BCUT2D eigenvalue weighted by Crippen LogP contribution is 2.36. The third kappa shape index (κ3) is 3.60. The maximum atomic E-state index is 12.8. The van der Waals surface area contributed by atoms with Gasteiger partial charge in [0.2, 0.25) is 12.6 Å². The van der Waals surface area contributed by atoms with Crippen molar-refractivity contribution in [3.05, 3.63) is 71.3 Å². The number of fused-ring (bicyclic) bond motifs is 3. The molecule has 3 aromatic rings. The van der Waals surface area contributed by atoms with Crippen LogP contribution >= 0.6 is 0 Å². The molecule has 1 amide bonds. The highest BCUT2D eigenvalue weighted by molar-refractivity contribution is 5.90. The molecule has 0 saturated carbocycles. The van der Waals surface area contributed by atoms with Crippen LogP contribution < -0.4 is 14.8 Å². The van der Waals surface area contributed by atoms with Crippen molar-refractivity contribution in [3.63, 3.8) is 0 Å². The van der Waals surface area contributed by atoms with E-state index in [0.717, 1.165) is 55.5 Å². The molecule has 2 unspecified atom stereocenters. The molecule has 1 saturated heterocycles. The summed E-state index contributed by atoms with van der Waals surface area (Å²) < 4.78 is 13.0. The van der Waals surface area contributed by atoms with Crippen LogP contribution in [0.1, 0.15) is 27.6 Å². The number of benzene rings is 2. The fourth-order valence-electron chi connectivity index (χ4n) is 5.07. The Morgan fingerprint density at radius 1 is 0.969 bits per heavy atom. The number of carbonyl (C=O) groups is 1. The van der Waals surface area contributed by atoms with Crippen molar-refractivity contribution in [2.45, 2.75) is 26.1 Å². The molecular weight excluding hydrogens is 406 g/mol. The minimum Gasteiger partial charge on any atom is -0.454 e. The van der Waals surface area contributed by atoms with E-state index in [4.69, 9.17) is 9.47 Å². The predicted octanol–water partition coefficient (Wildman–Crippen LogP) is 2.24. The van der Waals surface area contributed by atoms with Gasteiger partial charge in [0.15, 0.2) is 11.5 Å². The molecular formula is C24H25N5O3. The lowest BCUT2D eigenvalue weighted by Crippen LogP contribution is -2.32. The van der Waals surface area contributed by atoms with Crippen LogP contribution in [0.25, 0.3) is 0 Å². The molecule has 3 aliphatic heterocycles. The first-order chi connectivity index (χ1) is 15.7. The lowest BCUT2D eigenvalue weighted by molar-refractivity contribution is 0.0932. The molecule has 0 bridgehead atoms. The molecule has 1 aromatic heterocycles. The lowest BCUT2D eigenvalue weighted by Gasteiger charge is -2.25. The number of hydrogen-bond acceptors (Lipinski definition) is 6. The Labute approximate surface area is 186 Å². The smallest absolute Gasteiger partial charge is 0.289 e. The van der Waals surface area contributed by atoms with E-state index in [2.05, 4.69) is 32.5 Å². The summed E-state index contributed by atoms with van der Waals surface area (Å²) in [4.78, 5) is 15.3. The van der Waals surface area contributed by atoms with E-state index in [9.17, 15) is 4.79 Å². The average molecular weight is 431 g/mol. The molecule has 32 heavy (non-hydrogen) atoms. The van der Waals surface area contributed by atoms with Gasteiger partial charge in [0, 0.05) is 39.1 Å². The Balaban J connectivity index is 1.10. The minimum absolute atomic E-state index is 0.165. The summed E-state index contributed by atoms with van der Waals surface area (Å²) in [6, 6.07) is 16.1. The number of likely N-dealkylation sites (tertiary alicyclic amines) is 1. The van der Waals surface area contributed by atoms with E-state index in [1.54, 1.807) is 0 Å². The van der Waals surface area contributed by atoms with Crippen LogP contribution in [0, 0.1) is 11.8 Å². The van der Waals surface area contributed by atoms with Crippen molar-refractivity contribution in [2.75, 3.05) is 19.9 Å². The van der Waals surface area contributed by atoms with Crippen molar-refractivity contribution in [1.82, 2.24) is 25.0 Å². The van der Waals surface area contributed by atoms with Crippen LogP contribution in [0.5, 0.6) is 11.5 Å². The largest absolute Gasteiger partial charge is 0.454 e. The topological polar surface area (TPSA) is 81.5 Å². The molecule has 0 radical (unpaired) electrons. The minimum atomic E-state index is -0.165. The molecule has 4 heterocycles. The first-order valence-electron chi connectivity index (χ1n) is 11.1. The highest BCUT2D eigenvalue weighted by Gasteiger charge is 2.39. The van der Waals surface area contributed by atoms with E-state index in [0.29, 0.717) is 31.0 Å². The van der Waals surface area contributed by atoms with E-state index in [-0.39, 0.29) is 5.91 Å². The molecule has 8 nitrogen and oxygen atoms in total. The summed E-state index contributed by atoms with van der Waals surface area (Å²) >= 11 is 0. The van der Waals surface area contributed by atoms with Crippen LogP contribution in [0.15, 0.2) is 48.5 Å². The van der Waals surface area contributed by atoms with Crippen molar-refractivity contribution >= 4 is 5.91 Å². The Bertz CT molecular complexity index is 1150. The van der Waals surface area contributed by atoms with Crippen LogP contribution in [0.4, 0.5) is 0 Å². The van der Waals surface area contributed by atoms with Gasteiger partial charge in [0.25, 0.3) is 5.91 Å². The van der Waals surface area contributed by atoms with Gasteiger partial charge >= 0.3 is 0 Å². The summed E-state index contributed by atoms with van der Waals surface area (Å²) in [6.07, 6.45) is 0.862. The SMILES string of the molecule is O=C(NCc1ccccc1)c1nnc2n1CC1CN(Cc3ccc4c(c3)OCO4)CC1C2. The van der Waals surface area contributed by atoms with Crippen molar-refractivity contribution in [3.8, 4) is 11.5 Å². The van der Waals surface area contributed by atoms with E-state index in [1.807, 2.05) is 41.0 Å². The van der Waals surface area contributed by atoms with Crippen LogP contribution in [0.2, 0.25) is 0 Å². The molecule has 0 aliphatic carbocycles. The molecule has 1 fully saturated rings. The van der Waals surface area contributed by atoms with E-state index < -0.39 is 0 Å². The second kappa shape index (κ2) is 7.94. The molecule has 164 valence electrons. The van der Waals surface area contributed by atoms with Crippen LogP contribution in [0.3, 0.4) is 0 Å². The fourth-order valence-corrected chi connectivity index (χ4v) is 5.07. The molecule has 6 rings (SSSR count). The Kier molecular flexibility index (Phi) is 4.79. The van der Waals surface area contributed by atoms with Crippen molar-refractivity contribution < 1.29 is 14.3 Å². The highest BCUT2D eigenvalue weighted by atomic mass is 16.7. The second-order valence-corrected chi connectivity index (χ2v) is 8.82. The Morgan fingerprint density at radius 3 is 2.72 bits per heavy atom. The van der Waals surface area contributed by atoms with Crippen molar-refractivity contribution in [1.29, 1.82) is 0 Å². The zero-order chi connectivity index (χ0) is 21.5. The van der Waals surface area contributed by atoms with Gasteiger partial charge in [0.05, 0.1) is 0 Å². The van der Waals surface area contributed by atoms with Gasteiger partial charge in [-0.3, -0.25) is 9.69 Å². The maximum absolute atomic E-state index is 12.8. The van der Waals surface area contributed by atoms with Gasteiger partial charge in [-0.15, -0.1) is 10.2 Å². The maximum Gasteiger partial charge on any atom is 0.289 e. The first kappa shape index (κ1) is 19.3. The zero-order valence-electron chi connectivity index (χ0n) is 17.7. The third-order valence-electron chi connectivity index (χ3n) is 6.68. The van der Waals surface area contributed by atoms with Crippen molar-refractivity contribution in [2.24, 2.45) is 11.8 Å². The normalized spacial score (nSPS) is 21.2. The van der Waals surface area contributed by atoms with Gasteiger partial charge in [-0.25, -0.2) is 0 Å². The standard InChI is InChI=1S/C24H25N5O3/c30-24(25-10-16-4-2-1-3-5-16)23-27-26-22-9-18-12-28(13-19(18)14-29(22)23)11-17-6-7-20-21(8-17)32-15-31-20/h1-8,18-19H,9-15H2,(H,25,30). The van der Waals surface area contributed by atoms with Crippen LogP contribution in [-0.2, 0) is 26.1 Å². The number of nitrogens with zero attached hydrogens (tertiary/aromatic N) is 4. The van der Waals surface area contributed by atoms with Gasteiger partial charge in [-0.2, -0.15) is 0 Å². The molecule has 3 aliphatic rings. The number of ether oxygens (including phenoxy) is 2. The summed E-state index contributed by atoms with van der Waals surface area (Å²) in [5.74, 6) is 3.86. The molecule has 1 N–H and O–H groups in total. The summed E-state index contributed by atoms with van der Waals surface area (Å²) in [6.45, 7) is 4.49. The second-order valence-electron chi connectivity index (χ2n) is 8.82. The van der Waals surface area contributed by atoms with Gasteiger partial charge in [0.1, 0.15) is 5.82 Å². The zero-order valence-corrected chi connectivity index (χ0v) is 17.7. The fraction of sp³-hybridized carbons (Fsp3) is 0.375. The summed E-state index contributed by atoms with van der Waals surface area (Å²) in [5, 5.41) is 11.5. The summed E-state index contributed by atoms with van der Waals surface area (Å²) in [5.41, 5.74) is 2.29. The third-order valence-corrected chi connectivity index (χ3v) is 6.68. The van der Waals surface area contributed by atoms with Gasteiger partial charge < -0.3 is 19.4 Å². The number of carbonyl (C=O) groups excluding carboxylic acids is 1. The average Bonchev–Trinajstić information content (AvgIpc) is 3.53. The number of nitrogens with one attached hydrogen (secondary N) is 1. The number of amides is 1. The van der Waals surface area contributed by atoms with Gasteiger partial charge in [-0.05, 0) is 35.1 Å². The predicted molar refractivity (Wildman–Crippen MR) is 116 cm³/mol. The molecule has 0 spiro atoms. The van der Waals surface area contributed by atoms with E-state index in [1.165, 1.54) is 5.56 Å². The van der Waals surface area contributed by atoms with Crippen LogP contribution in [-0.4, -0.2) is 45.5 Å². The Morgan fingerprint density at radius 2 is 1.81 bits per heavy atom. The summed E-state index contributed by atoms with van der Waals surface area (Å²) in [7, 11) is 0. The number of hydrogen-bond donors (Lipinski definition) is 1. The molecule has 2 atom stereocenters. The van der Waals surface area contributed by atoms with Gasteiger partial charge in [-0.1, -0.05) is 36.4 Å². The Hall–Kier alpha value is -3.39. The first-order valence-corrected chi connectivity index (χ1v) is 11.1. The lowest BCUT2D eigenvalue weighted by atomic mass is 9.89. The number of aromatic nitrogens is 3. The molecule has 2 aromatic carbocycles. The van der Waals surface area contributed by atoms with E-state index >= 15 is 0 Å².